The fourth-order valence-corrected chi connectivity index (χ4v) is 3.73. The highest BCUT2D eigenvalue weighted by Gasteiger charge is 2.57. The van der Waals surface area contributed by atoms with Crippen molar-refractivity contribution in [3.63, 3.8) is 0 Å². The number of nitrogens with one attached hydrogen (secondary N) is 2. The van der Waals surface area contributed by atoms with Crippen LogP contribution in [0.1, 0.15) is 44.2 Å². The molecule has 128 valence electrons. The van der Waals surface area contributed by atoms with Gasteiger partial charge in [-0.1, -0.05) is 43.7 Å². The van der Waals surface area contributed by atoms with E-state index in [0.717, 1.165) is 32.4 Å². The van der Waals surface area contributed by atoms with E-state index < -0.39 is 0 Å². The minimum Gasteiger partial charge on any atom is -0.355 e. The average Bonchev–Trinajstić information content (AvgIpc) is 3.19. The number of amides is 1. The molecule has 1 spiro atoms. The molecule has 1 unspecified atom stereocenters. The largest absolute Gasteiger partial charge is 0.355 e. The second-order valence-electron chi connectivity index (χ2n) is 7.84. The van der Waals surface area contributed by atoms with E-state index in [9.17, 15) is 4.79 Å². The van der Waals surface area contributed by atoms with Gasteiger partial charge in [0, 0.05) is 17.9 Å². The number of rotatable bonds is 4. The Labute approximate surface area is 146 Å². The lowest BCUT2D eigenvalue weighted by atomic mass is 9.84. The van der Waals surface area contributed by atoms with E-state index >= 15 is 0 Å². The number of halogens is 1. The van der Waals surface area contributed by atoms with Crippen LogP contribution in [-0.2, 0) is 10.2 Å². The van der Waals surface area contributed by atoms with Crippen molar-refractivity contribution in [3.8, 4) is 0 Å². The van der Waals surface area contributed by atoms with Gasteiger partial charge < -0.3 is 10.6 Å². The number of aryl methyl sites for hydroxylation is 1. The third kappa shape index (κ3) is 3.89. The van der Waals surface area contributed by atoms with Gasteiger partial charge in [-0.3, -0.25) is 4.79 Å². The Morgan fingerprint density at radius 2 is 1.87 bits per heavy atom. The van der Waals surface area contributed by atoms with Crippen LogP contribution in [0.2, 0.25) is 0 Å². The zero-order valence-electron chi connectivity index (χ0n) is 14.4. The van der Waals surface area contributed by atoms with Crippen molar-refractivity contribution in [2.24, 2.45) is 11.3 Å². The van der Waals surface area contributed by atoms with Gasteiger partial charge in [0.15, 0.2) is 0 Å². The Hall–Kier alpha value is -1.06. The molecule has 2 aliphatic rings. The molecule has 0 radical (unpaired) electrons. The predicted molar refractivity (Wildman–Crippen MR) is 97.1 cm³/mol. The number of hydrogen-bond acceptors (Lipinski definition) is 2. The lowest BCUT2D eigenvalue weighted by Gasteiger charge is -2.27. The van der Waals surface area contributed by atoms with E-state index in [4.69, 9.17) is 0 Å². The van der Waals surface area contributed by atoms with Crippen molar-refractivity contribution in [1.29, 1.82) is 0 Å². The van der Waals surface area contributed by atoms with Crippen molar-refractivity contribution in [2.75, 3.05) is 19.6 Å². The molecule has 4 heteroatoms. The molecular weight excluding hydrogens is 308 g/mol. The molecule has 1 aromatic rings. The quantitative estimate of drug-likeness (QED) is 0.886. The summed E-state index contributed by atoms with van der Waals surface area (Å²) in [6.07, 6.45) is 3.41. The summed E-state index contributed by atoms with van der Waals surface area (Å²) >= 11 is 0. The fraction of sp³-hybridized carbons (Fsp3) is 0.632. The Kier molecular flexibility index (Phi) is 5.42. The van der Waals surface area contributed by atoms with Crippen LogP contribution in [0.3, 0.4) is 0 Å². The van der Waals surface area contributed by atoms with E-state index in [-0.39, 0.29) is 29.6 Å². The predicted octanol–water partition coefficient (Wildman–Crippen LogP) is 3.20. The van der Waals surface area contributed by atoms with Crippen LogP contribution in [0.15, 0.2) is 24.3 Å². The molecule has 0 aromatic heterocycles. The maximum absolute atomic E-state index is 12.5. The summed E-state index contributed by atoms with van der Waals surface area (Å²) in [5.41, 5.74) is 2.85. The fourth-order valence-electron chi connectivity index (χ4n) is 3.73. The number of benzene rings is 1. The van der Waals surface area contributed by atoms with Crippen molar-refractivity contribution in [2.45, 2.75) is 45.4 Å². The molecule has 1 saturated heterocycles. The Morgan fingerprint density at radius 3 is 2.48 bits per heavy atom. The first-order valence-corrected chi connectivity index (χ1v) is 8.49. The van der Waals surface area contributed by atoms with Crippen molar-refractivity contribution >= 4 is 18.3 Å². The summed E-state index contributed by atoms with van der Waals surface area (Å²) in [7, 11) is 0. The van der Waals surface area contributed by atoms with E-state index in [1.165, 1.54) is 11.1 Å². The third-order valence-electron chi connectivity index (χ3n) is 5.64. The molecule has 1 amide bonds. The van der Waals surface area contributed by atoms with Crippen LogP contribution in [-0.4, -0.2) is 25.5 Å². The van der Waals surface area contributed by atoms with Gasteiger partial charge in [-0.25, -0.2) is 0 Å². The number of carbonyl (C=O) groups is 1. The first kappa shape index (κ1) is 18.3. The second-order valence-corrected chi connectivity index (χ2v) is 7.84. The first-order valence-electron chi connectivity index (χ1n) is 8.49. The summed E-state index contributed by atoms with van der Waals surface area (Å²) in [5.74, 6) is 0.519. The Bertz CT molecular complexity index is 547. The van der Waals surface area contributed by atoms with Crippen LogP contribution < -0.4 is 10.6 Å². The summed E-state index contributed by atoms with van der Waals surface area (Å²) in [4.78, 5) is 12.5. The molecule has 1 aliphatic carbocycles. The van der Waals surface area contributed by atoms with E-state index in [1.807, 2.05) is 0 Å². The van der Waals surface area contributed by atoms with Crippen LogP contribution in [0.25, 0.3) is 0 Å². The van der Waals surface area contributed by atoms with Gasteiger partial charge in [-0.2, -0.15) is 0 Å². The Morgan fingerprint density at radius 1 is 1.26 bits per heavy atom. The summed E-state index contributed by atoms with van der Waals surface area (Å²) in [6, 6.07) is 8.63. The normalized spacial score (nSPS) is 22.3. The molecule has 1 aromatic carbocycles. The summed E-state index contributed by atoms with van der Waals surface area (Å²) < 4.78 is 0. The van der Waals surface area contributed by atoms with Crippen LogP contribution in [0.5, 0.6) is 0 Å². The SMILES string of the molecule is Cc1ccc(C(C)(C)CNC(=O)C2CC23CCNCC3)cc1.Cl. The topological polar surface area (TPSA) is 41.1 Å². The van der Waals surface area contributed by atoms with E-state index in [0.29, 0.717) is 12.0 Å². The van der Waals surface area contributed by atoms with Gasteiger partial charge in [0.05, 0.1) is 0 Å². The summed E-state index contributed by atoms with van der Waals surface area (Å²) in [6.45, 7) is 9.34. The van der Waals surface area contributed by atoms with Gasteiger partial charge in [-0.15, -0.1) is 12.4 Å². The molecular formula is C19H29ClN2O. The summed E-state index contributed by atoms with van der Waals surface area (Å²) in [5, 5.41) is 6.60. The van der Waals surface area contributed by atoms with Crippen LogP contribution in [0.4, 0.5) is 0 Å². The standard InChI is InChI=1S/C19H28N2O.ClH/c1-14-4-6-15(7-5-14)18(2,3)13-21-17(22)16-12-19(16)8-10-20-11-9-19;/h4-7,16,20H,8-13H2,1-3H3,(H,21,22);1H. The monoisotopic (exact) mass is 336 g/mol. The van der Waals surface area contributed by atoms with Gasteiger partial charge in [0.1, 0.15) is 0 Å². The Balaban J connectivity index is 0.00000192. The van der Waals surface area contributed by atoms with Crippen molar-refractivity contribution < 1.29 is 4.79 Å². The lowest BCUT2D eigenvalue weighted by Crippen LogP contribution is -2.39. The zero-order chi connectivity index (χ0) is 15.8. The van der Waals surface area contributed by atoms with Crippen molar-refractivity contribution in [1.82, 2.24) is 10.6 Å². The lowest BCUT2D eigenvalue weighted by molar-refractivity contribution is -0.123. The van der Waals surface area contributed by atoms with Crippen molar-refractivity contribution in [3.05, 3.63) is 35.4 Å². The highest BCUT2D eigenvalue weighted by molar-refractivity contribution is 5.85. The maximum atomic E-state index is 12.5. The molecule has 3 rings (SSSR count). The van der Waals surface area contributed by atoms with Gasteiger partial charge >= 0.3 is 0 Å². The number of hydrogen-bond donors (Lipinski definition) is 2. The molecule has 2 fully saturated rings. The number of piperidine rings is 1. The van der Waals surface area contributed by atoms with Gasteiger partial charge in [0.25, 0.3) is 0 Å². The third-order valence-corrected chi connectivity index (χ3v) is 5.64. The van der Waals surface area contributed by atoms with E-state index in [2.05, 4.69) is 55.7 Å². The van der Waals surface area contributed by atoms with Gasteiger partial charge in [-0.05, 0) is 50.3 Å². The molecule has 3 nitrogen and oxygen atoms in total. The molecule has 1 atom stereocenters. The minimum atomic E-state index is -0.0282. The molecule has 1 saturated carbocycles. The maximum Gasteiger partial charge on any atom is 0.223 e. The number of carbonyl (C=O) groups excluding carboxylic acids is 1. The van der Waals surface area contributed by atoms with Crippen LogP contribution in [0, 0.1) is 18.3 Å². The minimum absolute atomic E-state index is 0. The highest BCUT2D eigenvalue weighted by Crippen LogP contribution is 2.58. The molecule has 23 heavy (non-hydrogen) atoms. The smallest absolute Gasteiger partial charge is 0.223 e. The molecule has 2 N–H and O–H groups in total. The average molecular weight is 337 g/mol. The molecule has 1 heterocycles. The van der Waals surface area contributed by atoms with Gasteiger partial charge in [0.2, 0.25) is 5.91 Å². The zero-order valence-corrected chi connectivity index (χ0v) is 15.3. The molecule has 1 aliphatic heterocycles. The first-order chi connectivity index (χ1) is 10.4. The highest BCUT2D eigenvalue weighted by atomic mass is 35.5. The van der Waals surface area contributed by atoms with Crippen LogP contribution >= 0.6 is 12.4 Å². The second kappa shape index (κ2) is 6.82. The molecule has 0 bridgehead atoms. The van der Waals surface area contributed by atoms with E-state index in [1.54, 1.807) is 0 Å².